The summed E-state index contributed by atoms with van der Waals surface area (Å²) in [6, 6.07) is 12.9. The number of imidazole rings is 1. The molecule has 3 aromatic rings. The SMILES string of the molecule is CCn1c(CSc2ccc(Cl)cc2)nc2cc(S(=O)(=O)N3CCOCC3)ccc21. The largest absolute Gasteiger partial charge is 0.379 e. The molecule has 4 rings (SSSR count). The third kappa shape index (κ3) is 4.32. The van der Waals surface area contributed by atoms with Crippen LogP contribution in [0.5, 0.6) is 0 Å². The van der Waals surface area contributed by atoms with Crippen LogP contribution in [0.1, 0.15) is 12.7 Å². The number of thioether (sulfide) groups is 1. The number of nitrogens with zero attached hydrogens (tertiary/aromatic N) is 3. The zero-order valence-electron chi connectivity index (χ0n) is 16.0. The van der Waals surface area contributed by atoms with E-state index in [0.29, 0.717) is 42.6 Å². The Morgan fingerprint density at radius 3 is 2.55 bits per heavy atom. The van der Waals surface area contributed by atoms with E-state index in [4.69, 9.17) is 21.3 Å². The van der Waals surface area contributed by atoms with Gasteiger partial charge in [0.15, 0.2) is 0 Å². The predicted octanol–water partition coefficient (Wildman–Crippen LogP) is 4.02. The van der Waals surface area contributed by atoms with Gasteiger partial charge in [0.1, 0.15) is 5.82 Å². The Hall–Kier alpha value is -1.58. The van der Waals surface area contributed by atoms with Crippen molar-refractivity contribution < 1.29 is 13.2 Å². The Kier molecular flexibility index (Phi) is 6.17. The van der Waals surface area contributed by atoms with E-state index < -0.39 is 10.0 Å². The van der Waals surface area contributed by atoms with Gasteiger partial charge in [-0.3, -0.25) is 0 Å². The number of morpholine rings is 1. The van der Waals surface area contributed by atoms with Crippen molar-refractivity contribution in [2.45, 2.75) is 29.0 Å². The Labute approximate surface area is 179 Å². The number of fused-ring (bicyclic) bond motifs is 1. The molecule has 0 atom stereocenters. The average Bonchev–Trinajstić information content (AvgIpc) is 3.10. The number of sulfonamides is 1. The first-order chi connectivity index (χ1) is 14.0. The van der Waals surface area contributed by atoms with E-state index >= 15 is 0 Å². The molecule has 1 aromatic heterocycles. The molecule has 0 spiro atoms. The number of hydrogen-bond donors (Lipinski definition) is 0. The first-order valence-corrected chi connectivity index (χ1v) is 12.2. The Morgan fingerprint density at radius 1 is 1.14 bits per heavy atom. The maximum Gasteiger partial charge on any atom is 0.243 e. The highest BCUT2D eigenvalue weighted by molar-refractivity contribution is 7.98. The van der Waals surface area contributed by atoms with E-state index in [1.54, 1.807) is 23.9 Å². The monoisotopic (exact) mass is 451 g/mol. The Balaban J connectivity index is 1.62. The van der Waals surface area contributed by atoms with Crippen molar-refractivity contribution >= 4 is 44.4 Å². The minimum atomic E-state index is -3.54. The summed E-state index contributed by atoms with van der Waals surface area (Å²) in [6.45, 7) is 4.45. The standard InChI is InChI=1S/C20H22ClN3O3S2/c1-2-24-19-8-7-17(29(25,26)23-9-11-27-12-10-23)13-18(19)22-20(24)14-28-16-5-3-15(21)4-6-16/h3-8,13H,2,9-12,14H2,1H3. The number of halogens is 1. The normalized spacial score (nSPS) is 15.8. The van der Waals surface area contributed by atoms with Crippen LogP contribution in [0, 0.1) is 0 Å². The summed E-state index contributed by atoms with van der Waals surface area (Å²) in [4.78, 5) is 6.14. The van der Waals surface area contributed by atoms with Gasteiger partial charge in [0, 0.05) is 29.6 Å². The maximum absolute atomic E-state index is 13.0. The number of rotatable bonds is 6. The molecule has 6 nitrogen and oxygen atoms in total. The van der Waals surface area contributed by atoms with Gasteiger partial charge in [0.2, 0.25) is 10.0 Å². The predicted molar refractivity (Wildman–Crippen MR) is 116 cm³/mol. The van der Waals surface area contributed by atoms with Crippen molar-refractivity contribution in [3.63, 3.8) is 0 Å². The van der Waals surface area contributed by atoms with Crippen molar-refractivity contribution in [2.24, 2.45) is 0 Å². The van der Waals surface area contributed by atoms with Gasteiger partial charge >= 0.3 is 0 Å². The molecule has 1 aliphatic rings. The van der Waals surface area contributed by atoms with Gasteiger partial charge in [-0.1, -0.05) is 11.6 Å². The van der Waals surface area contributed by atoms with Crippen molar-refractivity contribution in [1.29, 1.82) is 0 Å². The summed E-state index contributed by atoms with van der Waals surface area (Å²) in [6.07, 6.45) is 0. The minimum absolute atomic E-state index is 0.282. The highest BCUT2D eigenvalue weighted by Crippen LogP contribution is 2.28. The second-order valence-corrected chi connectivity index (χ2v) is 10.1. The zero-order chi connectivity index (χ0) is 20.4. The molecular formula is C20H22ClN3O3S2. The van der Waals surface area contributed by atoms with Crippen LogP contribution >= 0.6 is 23.4 Å². The van der Waals surface area contributed by atoms with Crippen molar-refractivity contribution in [3.8, 4) is 0 Å². The number of aromatic nitrogens is 2. The molecule has 1 aliphatic heterocycles. The lowest BCUT2D eigenvalue weighted by Gasteiger charge is -2.26. The van der Waals surface area contributed by atoms with Gasteiger partial charge in [0.05, 0.1) is 34.9 Å². The summed E-state index contributed by atoms with van der Waals surface area (Å²) in [5.41, 5.74) is 1.65. The highest BCUT2D eigenvalue weighted by atomic mass is 35.5. The first-order valence-electron chi connectivity index (χ1n) is 9.44. The molecule has 9 heteroatoms. The van der Waals surface area contributed by atoms with Gasteiger partial charge in [-0.05, 0) is 49.4 Å². The first kappa shape index (κ1) is 20.7. The van der Waals surface area contributed by atoms with Crippen LogP contribution in [-0.4, -0.2) is 48.6 Å². The third-order valence-corrected chi connectivity index (χ3v) is 8.06. The number of aryl methyl sites for hydroxylation is 1. The van der Waals surface area contributed by atoms with Crippen LogP contribution in [0.25, 0.3) is 11.0 Å². The topological polar surface area (TPSA) is 64.4 Å². The van der Waals surface area contributed by atoms with Gasteiger partial charge in [-0.15, -0.1) is 11.8 Å². The lowest BCUT2D eigenvalue weighted by atomic mass is 10.3. The number of benzene rings is 2. The van der Waals surface area contributed by atoms with Crippen molar-refractivity contribution in [2.75, 3.05) is 26.3 Å². The molecule has 154 valence electrons. The molecule has 0 N–H and O–H groups in total. The number of ether oxygens (including phenoxy) is 1. The summed E-state index contributed by atoms with van der Waals surface area (Å²) < 4.78 is 34.8. The molecule has 1 saturated heterocycles. The third-order valence-electron chi connectivity index (χ3n) is 4.90. The van der Waals surface area contributed by atoms with Crippen LogP contribution in [0.3, 0.4) is 0 Å². The average molecular weight is 452 g/mol. The summed E-state index contributed by atoms with van der Waals surface area (Å²) >= 11 is 7.63. The van der Waals surface area contributed by atoms with Crippen LogP contribution in [-0.2, 0) is 27.1 Å². The van der Waals surface area contributed by atoms with Crippen LogP contribution in [0.15, 0.2) is 52.3 Å². The van der Waals surface area contributed by atoms with E-state index in [2.05, 4.69) is 11.5 Å². The lowest BCUT2D eigenvalue weighted by Crippen LogP contribution is -2.40. The lowest BCUT2D eigenvalue weighted by molar-refractivity contribution is 0.0730. The van der Waals surface area contributed by atoms with Gasteiger partial charge in [0.25, 0.3) is 0 Å². The van der Waals surface area contributed by atoms with E-state index in [-0.39, 0.29) is 4.90 Å². The van der Waals surface area contributed by atoms with Crippen LogP contribution in [0.2, 0.25) is 5.02 Å². The fraction of sp³-hybridized carbons (Fsp3) is 0.350. The Morgan fingerprint density at radius 2 is 1.86 bits per heavy atom. The molecule has 2 aromatic carbocycles. The minimum Gasteiger partial charge on any atom is -0.379 e. The molecule has 0 amide bonds. The second-order valence-electron chi connectivity index (χ2n) is 6.68. The molecule has 0 aliphatic carbocycles. The zero-order valence-corrected chi connectivity index (χ0v) is 18.4. The number of hydrogen-bond acceptors (Lipinski definition) is 5. The fourth-order valence-corrected chi connectivity index (χ4v) is 5.80. The summed E-state index contributed by atoms with van der Waals surface area (Å²) in [5.74, 6) is 1.61. The van der Waals surface area contributed by atoms with Gasteiger partial charge in [-0.25, -0.2) is 13.4 Å². The fourth-order valence-electron chi connectivity index (χ4n) is 3.40. The summed E-state index contributed by atoms with van der Waals surface area (Å²) in [5, 5.41) is 0.712. The molecule has 0 bridgehead atoms. The van der Waals surface area contributed by atoms with Crippen molar-refractivity contribution in [3.05, 3.63) is 53.3 Å². The van der Waals surface area contributed by atoms with E-state index in [0.717, 1.165) is 22.8 Å². The highest BCUT2D eigenvalue weighted by Gasteiger charge is 2.27. The second kappa shape index (κ2) is 8.65. The molecule has 0 radical (unpaired) electrons. The van der Waals surface area contributed by atoms with Crippen LogP contribution < -0.4 is 0 Å². The molecule has 1 fully saturated rings. The smallest absolute Gasteiger partial charge is 0.243 e. The Bertz CT molecular complexity index is 1110. The quantitative estimate of drug-likeness (QED) is 0.529. The maximum atomic E-state index is 13.0. The van der Waals surface area contributed by atoms with E-state index in [1.165, 1.54) is 4.31 Å². The van der Waals surface area contributed by atoms with E-state index in [9.17, 15) is 8.42 Å². The van der Waals surface area contributed by atoms with Crippen molar-refractivity contribution in [1.82, 2.24) is 13.9 Å². The van der Waals surface area contributed by atoms with E-state index in [1.807, 2.05) is 30.3 Å². The molecule has 29 heavy (non-hydrogen) atoms. The summed E-state index contributed by atoms with van der Waals surface area (Å²) in [7, 11) is -3.54. The molecule has 0 unspecified atom stereocenters. The molecular weight excluding hydrogens is 430 g/mol. The molecule has 0 saturated carbocycles. The molecule has 2 heterocycles. The van der Waals surface area contributed by atoms with Gasteiger partial charge in [-0.2, -0.15) is 4.31 Å². The van der Waals surface area contributed by atoms with Crippen LogP contribution in [0.4, 0.5) is 0 Å². The van der Waals surface area contributed by atoms with Gasteiger partial charge < -0.3 is 9.30 Å².